The number of hydrogen-bond donors (Lipinski definition) is 1. The van der Waals surface area contributed by atoms with Gasteiger partial charge in [-0.1, -0.05) is 13.8 Å². The van der Waals surface area contributed by atoms with E-state index in [2.05, 4.69) is 24.1 Å². The minimum absolute atomic E-state index is 0.830. The van der Waals surface area contributed by atoms with Crippen molar-refractivity contribution >= 4 is 0 Å². The predicted octanol–water partition coefficient (Wildman–Crippen LogP) is 2.11. The Morgan fingerprint density at radius 3 is 2.73 bits per heavy atom. The molecular weight excluding hydrogens is 184 g/mol. The molecule has 2 heteroatoms. The van der Waals surface area contributed by atoms with Crippen molar-refractivity contribution < 1.29 is 0 Å². The van der Waals surface area contributed by atoms with Crippen molar-refractivity contribution in [1.82, 2.24) is 10.2 Å². The molecule has 2 rings (SSSR count). The van der Waals surface area contributed by atoms with Crippen molar-refractivity contribution in [1.29, 1.82) is 0 Å². The maximum atomic E-state index is 3.59. The fourth-order valence-electron chi connectivity index (χ4n) is 2.74. The summed E-state index contributed by atoms with van der Waals surface area (Å²) < 4.78 is 0. The Kier molecular flexibility index (Phi) is 4.04. The van der Waals surface area contributed by atoms with Gasteiger partial charge >= 0.3 is 0 Å². The van der Waals surface area contributed by atoms with Gasteiger partial charge in [0.25, 0.3) is 0 Å². The van der Waals surface area contributed by atoms with Crippen molar-refractivity contribution in [3.05, 3.63) is 0 Å². The molecule has 1 N–H and O–H groups in total. The molecule has 1 atom stereocenters. The van der Waals surface area contributed by atoms with Crippen molar-refractivity contribution in [3.63, 3.8) is 0 Å². The van der Waals surface area contributed by atoms with E-state index >= 15 is 0 Å². The van der Waals surface area contributed by atoms with Gasteiger partial charge in [-0.15, -0.1) is 0 Å². The molecule has 0 aromatic heterocycles. The van der Waals surface area contributed by atoms with Gasteiger partial charge in [-0.3, -0.25) is 4.90 Å². The summed E-state index contributed by atoms with van der Waals surface area (Å²) in [5.74, 6) is 1.85. The fourth-order valence-corrected chi connectivity index (χ4v) is 2.74. The van der Waals surface area contributed by atoms with Crippen LogP contribution in [-0.2, 0) is 0 Å². The summed E-state index contributed by atoms with van der Waals surface area (Å²) in [6.07, 6.45) is 5.75. The molecule has 2 aliphatic rings. The number of likely N-dealkylation sites (tertiary alicyclic amines) is 1. The van der Waals surface area contributed by atoms with Crippen molar-refractivity contribution in [3.8, 4) is 0 Å². The van der Waals surface area contributed by atoms with Gasteiger partial charge in [0.05, 0.1) is 0 Å². The van der Waals surface area contributed by atoms with E-state index in [1.807, 2.05) is 0 Å². The SMILES string of the molecule is CC(C)C1CCCN1CCNCC1CC1. The van der Waals surface area contributed by atoms with E-state index in [0.29, 0.717) is 0 Å². The molecule has 0 radical (unpaired) electrons. The van der Waals surface area contributed by atoms with Crippen LogP contribution in [0.4, 0.5) is 0 Å². The molecule has 0 aromatic carbocycles. The van der Waals surface area contributed by atoms with Crippen LogP contribution in [0, 0.1) is 11.8 Å². The van der Waals surface area contributed by atoms with Crippen LogP contribution < -0.4 is 5.32 Å². The van der Waals surface area contributed by atoms with E-state index in [1.165, 1.54) is 51.9 Å². The zero-order valence-electron chi connectivity index (χ0n) is 10.3. The van der Waals surface area contributed by atoms with E-state index in [-0.39, 0.29) is 0 Å². The molecule has 0 bridgehead atoms. The van der Waals surface area contributed by atoms with Crippen LogP contribution in [0.25, 0.3) is 0 Å². The Balaban J connectivity index is 1.59. The minimum atomic E-state index is 0.830. The smallest absolute Gasteiger partial charge is 0.0119 e. The molecular formula is C13H26N2. The molecule has 1 saturated carbocycles. The number of nitrogens with one attached hydrogen (secondary N) is 1. The number of rotatable bonds is 6. The first kappa shape index (κ1) is 11.4. The van der Waals surface area contributed by atoms with Gasteiger partial charge in [0.2, 0.25) is 0 Å². The maximum absolute atomic E-state index is 3.59. The molecule has 1 aliphatic carbocycles. The summed E-state index contributed by atoms with van der Waals surface area (Å²) in [7, 11) is 0. The lowest BCUT2D eigenvalue weighted by Gasteiger charge is -2.27. The van der Waals surface area contributed by atoms with Gasteiger partial charge in [-0.2, -0.15) is 0 Å². The number of hydrogen-bond acceptors (Lipinski definition) is 2. The Hall–Kier alpha value is -0.0800. The lowest BCUT2D eigenvalue weighted by Crippen LogP contribution is -2.38. The number of nitrogens with zero attached hydrogens (tertiary/aromatic N) is 1. The molecule has 2 fully saturated rings. The summed E-state index contributed by atoms with van der Waals surface area (Å²) in [6, 6.07) is 0.854. The molecule has 0 amide bonds. The lowest BCUT2D eigenvalue weighted by atomic mass is 10.0. The maximum Gasteiger partial charge on any atom is 0.0119 e. The third-order valence-electron chi connectivity index (χ3n) is 3.89. The van der Waals surface area contributed by atoms with Gasteiger partial charge < -0.3 is 5.32 Å². The van der Waals surface area contributed by atoms with Crippen LogP contribution >= 0.6 is 0 Å². The van der Waals surface area contributed by atoms with Crippen LogP contribution in [0.5, 0.6) is 0 Å². The monoisotopic (exact) mass is 210 g/mol. The Morgan fingerprint density at radius 1 is 1.27 bits per heavy atom. The zero-order valence-corrected chi connectivity index (χ0v) is 10.3. The van der Waals surface area contributed by atoms with Crippen molar-refractivity contribution in [2.75, 3.05) is 26.2 Å². The van der Waals surface area contributed by atoms with E-state index in [9.17, 15) is 0 Å². The lowest BCUT2D eigenvalue weighted by molar-refractivity contribution is 0.207. The van der Waals surface area contributed by atoms with Gasteiger partial charge in [0.15, 0.2) is 0 Å². The topological polar surface area (TPSA) is 15.3 Å². The molecule has 1 saturated heterocycles. The normalized spacial score (nSPS) is 27.8. The van der Waals surface area contributed by atoms with Crippen molar-refractivity contribution in [2.45, 2.75) is 45.6 Å². The third kappa shape index (κ3) is 3.46. The highest BCUT2D eigenvalue weighted by Crippen LogP contribution is 2.27. The van der Waals surface area contributed by atoms with Crippen LogP contribution in [-0.4, -0.2) is 37.1 Å². The van der Waals surface area contributed by atoms with Gasteiger partial charge in [0, 0.05) is 19.1 Å². The fraction of sp³-hybridized carbons (Fsp3) is 1.00. The molecule has 1 aliphatic heterocycles. The summed E-state index contributed by atoms with van der Waals surface area (Å²) in [6.45, 7) is 9.77. The van der Waals surface area contributed by atoms with E-state index < -0.39 is 0 Å². The van der Waals surface area contributed by atoms with Crippen molar-refractivity contribution in [2.24, 2.45) is 11.8 Å². The third-order valence-corrected chi connectivity index (χ3v) is 3.89. The van der Waals surface area contributed by atoms with E-state index in [1.54, 1.807) is 0 Å². The highest BCUT2D eigenvalue weighted by molar-refractivity contribution is 4.82. The molecule has 0 spiro atoms. The molecule has 0 aromatic rings. The zero-order chi connectivity index (χ0) is 10.7. The van der Waals surface area contributed by atoms with Gasteiger partial charge in [-0.05, 0) is 50.6 Å². The Labute approximate surface area is 94.4 Å². The average Bonchev–Trinajstić information content (AvgIpc) is 2.90. The highest BCUT2D eigenvalue weighted by Gasteiger charge is 2.26. The molecule has 88 valence electrons. The highest BCUT2D eigenvalue weighted by atomic mass is 15.2. The van der Waals surface area contributed by atoms with Gasteiger partial charge in [-0.25, -0.2) is 0 Å². The second-order valence-corrected chi connectivity index (χ2v) is 5.64. The van der Waals surface area contributed by atoms with E-state index in [0.717, 1.165) is 17.9 Å². The van der Waals surface area contributed by atoms with Crippen LogP contribution in [0.3, 0.4) is 0 Å². The summed E-state index contributed by atoms with van der Waals surface area (Å²) >= 11 is 0. The average molecular weight is 210 g/mol. The van der Waals surface area contributed by atoms with E-state index in [4.69, 9.17) is 0 Å². The predicted molar refractivity (Wildman–Crippen MR) is 65.0 cm³/mol. The molecule has 1 unspecified atom stereocenters. The minimum Gasteiger partial charge on any atom is -0.315 e. The molecule has 15 heavy (non-hydrogen) atoms. The van der Waals surface area contributed by atoms with Crippen LogP contribution in [0.15, 0.2) is 0 Å². The Morgan fingerprint density at radius 2 is 2.07 bits per heavy atom. The standard InChI is InChI=1S/C13H26N2/c1-11(2)13-4-3-8-15(13)9-7-14-10-12-5-6-12/h11-14H,3-10H2,1-2H3. The first-order chi connectivity index (χ1) is 7.27. The largest absolute Gasteiger partial charge is 0.315 e. The Bertz CT molecular complexity index is 187. The summed E-state index contributed by atoms with van der Waals surface area (Å²) in [5, 5.41) is 3.59. The first-order valence-corrected chi connectivity index (χ1v) is 6.72. The quantitative estimate of drug-likeness (QED) is 0.676. The summed E-state index contributed by atoms with van der Waals surface area (Å²) in [4.78, 5) is 2.69. The molecule has 2 nitrogen and oxygen atoms in total. The second-order valence-electron chi connectivity index (χ2n) is 5.64. The van der Waals surface area contributed by atoms with Crippen LogP contribution in [0.2, 0.25) is 0 Å². The molecule has 1 heterocycles. The van der Waals surface area contributed by atoms with Crippen LogP contribution in [0.1, 0.15) is 39.5 Å². The van der Waals surface area contributed by atoms with Gasteiger partial charge in [0.1, 0.15) is 0 Å². The summed E-state index contributed by atoms with van der Waals surface area (Å²) in [5.41, 5.74) is 0. The first-order valence-electron chi connectivity index (χ1n) is 6.72. The second kappa shape index (κ2) is 5.31.